The molecule has 0 aromatic heterocycles. The molecule has 0 fully saturated rings. The molecular weight excluding hydrogens is 430 g/mol. The van der Waals surface area contributed by atoms with E-state index in [4.69, 9.17) is 17.0 Å². The number of anilines is 3. The topological polar surface area (TPSA) is 79.5 Å². The van der Waals surface area contributed by atoms with Gasteiger partial charge in [-0.3, -0.25) is 4.72 Å². The van der Waals surface area contributed by atoms with Gasteiger partial charge in [-0.25, -0.2) is 8.42 Å². The van der Waals surface area contributed by atoms with Gasteiger partial charge in [0.2, 0.25) is 0 Å². The molecule has 0 unspecified atom stereocenters. The number of hydrogen-bond donors (Lipinski definition) is 3. The molecule has 31 heavy (non-hydrogen) atoms. The summed E-state index contributed by atoms with van der Waals surface area (Å²) in [6.07, 6.45) is 0. The minimum Gasteiger partial charge on any atom is -0.497 e. The van der Waals surface area contributed by atoms with Crippen molar-refractivity contribution in [2.45, 2.75) is 25.7 Å². The maximum absolute atomic E-state index is 13.1. The van der Waals surface area contributed by atoms with E-state index in [0.29, 0.717) is 22.2 Å². The fourth-order valence-corrected chi connectivity index (χ4v) is 4.46. The summed E-state index contributed by atoms with van der Waals surface area (Å²) in [5.41, 5.74) is 4.77. The molecule has 3 aromatic rings. The highest BCUT2D eigenvalue weighted by molar-refractivity contribution is 7.93. The first kappa shape index (κ1) is 22.6. The van der Waals surface area contributed by atoms with Gasteiger partial charge in [0, 0.05) is 11.4 Å². The fourth-order valence-electron chi connectivity index (χ4n) is 2.93. The second-order valence-electron chi connectivity index (χ2n) is 7.21. The first-order valence-corrected chi connectivity index (χ1v) is 11.5. The van der Waals surface area contributed by atoms with Gasteiger partial charge in [0.1, 0.15) is 10.6 Å². The Morgan fingerprint density at radius 2 is 1.52 bits per heavy atom. The van der Waals surface area contributed by atoms with Crippen molar-refractivity contribution in [3.63, 3.8) is 0 Å². The molecule has 0 heterocycles. The Balaban J connectivity index is 1.83. The van der Waals surface area contributed by atoms with Crippen molar-refractivity contribution in [1.82, 2.24) is 0 Å². The lowest BCUT2D eigenvalue weighted by molar-refractivity contribution is 0.415. The molecule has 0 saturated carbocycles. The predicted octanol–water partition coefficient (Wildman–Crippen LogP) is 5.23. The Kier molecular flexibility index (Phi) is 6.82. The Morgan fingerprint density at radius 1 is 0.839 bits per heavy atom. The van der Waals surface area contributed by atoms with Crippen LogP contribution in [-0.4, -0.2) is 20.6 Å². The van der Waals surface area contributed by atoms with Crippen LogP contribution in [0.4, 0.5) is 17.1 Å². The normalized spacial score (nSPS) is 11.0. The van der Waals surface area contributed by atoms with E-state index in [1.807, 2.05) is 45.0 Å². The molecule has 0 saturated heterocycles. The lowest BCUT2D eigenvalue weighted by Crippen LogP contribution is -2.22. The van der Waals surface area contributed by atoms with Crippen LogP contribution in [0.1, 0.15) is 16.7 Å². The number of thiocarbonyl (C=S) groups is 1. The van der Waals surface area contributed by atoms with E-state index in [-0.39, 0.29) is 4.90 Å². The average Bonchev–Trinajstić information content (AvgIpc) is 2.72. The fraction of sp³-hybridized carbons (Fsp3) is 0.174. The van der Waals surface area contributed by atoms with Gasteiger partial charge in [0.25, 0.3) is 10.0 Å². The van der Waals surface area contributed by atoms with Crippen LogP contribution in [0.2, 0.25) is 0 Å². The lowest BCUT2D eigenvalue weighted by Gasteiger charge is -2.16. The number of benzene rings is 3. The quantitative estimate of drug-likeness (QED) is 0.442. The van der Waals surface area contributed by atoms with Crippen LogP contribution in [-0.2, 0) is 10.0 Å². The van der Waals surface area contributed by atoms with Gasteiger partial charge in [0.05, 0.1) is 12.8 Å². The molecule has 0 bridgehead atoms. The van der Waals surface area contributed by atoms with Crippen molar-refractivity contribution < 1.29 is 13.2 Å². The number of nitrogens with one attached hydrogen (secondary N) is 3. The molecule has 162 valence electrons. The number of aryl methyl sites for hydroxylation is 3. The number of rotatable bonds is 6. The molecule has 0 radical (unpaired) electrons. The highest BCUT2D eigenvalue weighted by Gasteiger charge is 2.20. The molecular formula is C23H25N3O3S2. The summed E-state index contributed by atoms with van der Waals surface area (Å²) in [7, 11) is -2.30. The third-order valence-corrected chi connectivity index (χ3v) is 6.41. The summed E-state index contributed by atoms with van der Waals surface area (Å²) in [5, 5.41) is 6.42. The second-order valence-corrected chi connectivity index (χ2v) is 9.27. The molecule has 3 rings (SSSR count). The minimum absolute atomic E-state index is 0.104. The number of ether oxygens (including phenoxy) is 1. The lowest BCUT2D eigenvalue weighted by atomic mass is 10.1. The van der Waals surface area contributed by atoms with Crippen LogP contribution in [0, 0.1) is 20.8 Å². The second kappa shape index (κ2) is 9.36. The summed E-state index contributed by atoms with van der Waals surface area (Å²) in [6.45, 7) is 5.89. The van der Waals surface area contributed by atoms with Gasteiger partial charge < -0.3 is 15.4 Å². The molecule has 0 spiro atoms. The molecule has 8 heteroatoms. The number of sulfonamides is 1. The van der Waals surface area contributed by atoms with Gasteiger partial charge in [-0.15, -0.1) is 0 Å². The standard InChI is InChI=1S/C23H25N3O3S2/c1-15-5-12-21(25-23(30)24-19-7-6-16(2)17(3)14-19)22(13-15)31(27,28)26-18-8-10-20(29-4)11-9-18/h5-14,26H,1-4H3,(H2,24,25,30). The third kappa shape index (κ3) is 5.74. The summed E-state index contributed by atoms with van der Waals surface area (Å²) in [5.74, 6) is 0.642. The molecule has 0 atom stereocenters. The van der Waals surface area contributed by atoms with Crippen LogP contribution >= 0.6 is 12.2 Å². The zero-order valence-electron chi connectivity index (χ0n) is 17.8. The molecule has 0 aliphatic heterocycles. The van der Waals surface area contributed by atoms with Gasteiger partial charge in [0.15, 0.2) is 5.11 Å². The van der Waals surface area contributed by atoms with Crippen LogP contribution in [0.5, 0.6) is 5.75 Å². The zero-order valence-corrected chi connectivity index (χ0v) is 19.4. The van der Waals surface area contributed by atoms with E-state index in [9.17, 15) is 8.42 Å². The maximum Gasteiger partial charge on any atom is 0.263 e. The number of hydrogen-bond acceptors (Lipinski definition) is 4. The molecule has 0 aliphatic carbocycles. The van der Waals surface area contributed by atoms with Gasteiger partial charge in [-0.05, 0) is 98.2 Å². The van der Waals surface area contributed by atoms with E-state index in [0.717, 1.165) is 16.8 Å². The number of methoxy groups -OCH3 is 1. The SMILES string of the molecule is COc1ccc(NS(=O)(=O)c2cc(C)ccc2NC(=S)Nc2ccc(C)c(C)c2)cc1. The van der Waals surface area contributed by atoms with Crippen molar-refractivity contribution >= 4 is 44.4 Å². The molecule has 0 amide bonds. The first-order valence-electron chi connectivity index (χ1n) is 9.61. The van der Waals surface area contributed by atoms with E-state index >= 15 is 0 Å². The Bertz CT molecular complexity index is 1210. The van der Waals surface area contributed by atoms with E-state index in [2.05, 4.69) is 15.4 Å². The van der Waals surface area contributed by atoms with Gasteiger partial charge >= 0.3 is 0 Å². The van der Waals surface area contributed by atoms with Gasteiger partial charge in [-0.1, -0.05) is 12.1 Å². The van der Waals surface area contributed by atoms with E-state index in [1.54, 1.807) is 43.5 Å². The molecule has 3 N–H and O–H groups in total. The monoisotopic (exact) mass is 455 g/mol. The average molecular weight is 456 g/mol. The predicted molar refractivity (Wildman–Crippen MR) is 131 cm³/mol. The Hall–Kier alpha value is -3.10. The van der Waals surface area contributed by atoms with Crippen LogP contribution in [0.3, 0.4) is 0 Å². The smallest absolute Gasteiger partial charge is 0.263 e. The first-order chi connectivity index (χ1) is 14.7. The van der Waals surface area contributed by atoms with Crippen LogP contribution in [0.25, 0.3) is 0 Å². The zero-order chi connectivity index (χ0) is 22.6. The minimum atomic E-state index is -3.86. The third-order valence-electron chi connectivity index (χ3n) is 4.78. The summed E-state index contributed by atoms with van der Waals surface area (Å²) < 4.78 is 33.9. The largest absolute Gasteiger partial charge is 0.497 e. The van der Waals surface area contributed by atoms with Crippen molar-refractivity contribution in [3.05, 3.63) is 77.4 Å². The molecule has 6 nitrogen and oxygen atoms in total. The molecule has 0 aliphatic rings. The van der Waals surface area contributed by atoms with Crippen LogP contribution < -0.4 is 20.1 Å². The van der Waals surface area contributed by atoms with Crippen LogP contribution in [0.15, 0.2) is 65.6 Å². The van der Waals surface area contributed by atoms with Crippen molar-refractivity contribution in [2.75, 3.05) is 22.5 Å². The van der Waals surface area contributed by atoms with Crippen molar-refractivity contribution in [3.8, 4) is 5.75 Å². The van der Waals surface area contributed by atoms with Crippen molar-refractivity contribution in [2.24, 2.45) is 0 Å². The Morgan fingerprint density at radius 3 is 2.16 bits per heavy atom. The summed E-state index contributed by atoms with van der Waals surface area (Å²) in [6, 6.07) is 17.7. The highest BCUT2D eigenvalue weighted by Crippen LogP contribution is 2.26. The van der Waals surface area contributed by atoms with E-state index in [1.165, 1.54) is 5.56 Å². The van der Waals surface area contributed by atoms with E-state index < -0.39 is 10.0 Å². The summed E-state index contributed by atoms with van der Waals surface area (Å²) in [4.78, 5) is 0.104. The Labute approximate surface area is 188 Å². The highest BCUT2D eigenvalue weighted by atomic mass is 32.2. The summed E-state index contributed by atoms with van der Waals surface area (Å²) >= 11 is 5.42. The van der Waals surface area contributed by atoms with Gasteiger partial charge in [-0.2, -0.15) is 0 Å². The van der Waals surface area contributed by atoms with Crippen molar-refractivity contribution in [1.29, 1.82) is 0 Å². The molecule has 3 aromatic carbocycles. The maximum atomic E-state index is 13.1.